The molecule has 104 valence electrons. The van der Waals surface area contributed by atoms with Gasteiger partial charge in [-0.1, -0.05) is 37.3 Å². The van der Waals surface area contributed by atoms with Crippen LogP contribution in [0.2, 0.25) is 0 Å². The Morgan fingerprint density at radius 1 is 1.47 bits per heavy atom. The lowest BCUT2D eigenvalue weighted by Crippen LogP contribution is -2.36. The van der Waals surface area contributed by atoms with Crippen LogP contribution in [0.5, 0.6) is 0 Å². The molecule has 1 aliphatic carbocycles. The molecule has 0 radical (unpaired) electrons. The van der Waals surface area contributed by atoms with E-state index in [9.17, 15) is 4.79 Å². The molecule has 1 saturated carbocycles. The van der Waals surface area contributed by atoms with Crippen molar-refractivity contribution in [2.75, 3.05) is 5.75 Å². The van der Waals surface area contributed by atoms with Crippen molar-refractivity contribution in [3.05, 3.63) is 35.9 Å². The van der Waals surface area contributed by atoms with E-state index < -0.39 is 4.75 Å². The van der Waals surface area contributed by atoms with Crippen molar-refractivity contribution in [1.29, 1.82) is 0 Å². The van der Waals surface area contributed by atoms with Crippen LogP contribution in [0.15, 0.2) is 30.3 Å². The number of nitrogens with two attached hydrogens (primary N) is 1. The van der Waals surface area contributed by atoms with Crippen LogP contribution in [0.25, 0.3) is 0 Å². The highest BCUT2D eigenvalue weighted by atomic mass is 32.2. The van der Waals surface area contributed by atoms with E-state index in [1.807, 2.05) is 30.3 Å². The summed E-state index contributed by atoms with van der Waals surface area (Å²) in [6.07, 6.45) is 2.48. The first-order chi connectivity index (χ1) is 9.16. The predicted octanol–water partition coefficient (Wildman–Crippen LogP) is 2.73. The van der Waals surface area contributed by atoms with Crippen LogP contribution < -0.4 is 5.73 Å². The molecular formula is C15H21NO2S. The van der Waals surface area contributed by atoms with E-state index in [1.54, 1.807) is 11.8 Å². The number of hydrogen-bond acceptors (Lipinski definition) is 4. The lowest BCUT2D eigenvalue weighted by molar-refractivity contribution is -0.147. The van der Waals surface area contributed by atoms with Crippen LogP contribution in [-0.4, -0.2) is 22.5 Å². The number of hydrogen-bond donors (Lipinski definition) is 1. The fourth-order valence-electron chi connectivity index (χ4n) is 2.55. The zero-order valence-electron chi connectivity index (χ0n) is 11.3. The van der Waals surface area contributed by atoms with Crippen molar-refractivity contribution in [3.8, 4) is 0 Å². The molecule has 0 saturated heterocycles. The lowest BCUT2D eigenvalue weighted by atomic mass is 10.1. The van der Waals surface area contributed by atoms with E-state index in [4.69, 9.17) is 10.5 Å². The first-order valence-electron chi connectivity index (χ1n) is 6.77. The first-order valence-corrected chi connectivity index (χ1v) is 7.75. The molecule has 3 nitrogen and oxygen atoms in total. The fourth-order valence-corrected chi connectivity index (χ4v) is 3.88. The van der Waals surface area contributed by atoms with Gasteiger partial charge in [0.2, 0.25) is 0 Å². The molecular weight excluding hydrogens is 258 g/mol. The molecule has 0 amide bonds. The maximum Gasteiger partial charge on any atom is 0.322 e. The second kappa shape index (κ2) is 6.44. The second-order valence-corrected chi connectivity index (χ2v) is 6.64. The standard InChI is InChI=1S/C15H21NO2S/c1-2-19-15(9-8-13(16)10-15)14(17)18-11-12-6-4-3-5-7-12/h3-7,13H,2,8-11,16H2,1H3/t13-,15?/m1/s1. The topological polar surface area (TPSA) is 52.3 Å². The van der Waals surface area contributed by atoms with Gasteiger partial charge in [-0.2, -0.15) is 0 Å². The van der Waals surface area contributed by atoms with E-state index in [0.29, 0.717) is 6.61 Å². The van der Waals surface area contributed by atoms with E-state index in [2.05, 4.69) is 6.92 Å². The smallest absolute Gasteiger partial charge is 0.322 e. The van der Waals surface area contributed by atoms with Gasteiger partial charge in [0.15, 0.2) is 0 Å². The summed E-state index contributed by atoms with van der Waals surface area (Å²) in [5.74, 6) is 0.809. The van der Waals surface area contributed by atoms with Crippen LogP contribution in [-0.2, 0) is 16.1 Å². The summed E-state index contributed by atoms with van der Waals surface area (Å²) in [6.45, 7) is 2.42. The third-order valence-corrected chi connectivity index (χ3v) is 4.90. The Morgan fingerprint density at radius 2 is 2.21 bits per heavy atom. The molecule has 4 heteroatoms. The van der Waals surface area contributed by atoms with E-state index in [-0.39, 0.29) is 12.0 Å². The van der Waals surface area contributed by atoms with Crippen molar-refractivity contribution < 1.29 is 9.53 Å². The Morgan fingerprint density at radius 3 is 2.79 bits per heavy atom. The number of carbonyl (C=O) groups excluding carboxylic acids is 1. The van der Waals surface area contributed by atoms with Gasteiger partial charge in [0.25, 0.3) is 0 Å². The average molecular weight is 279 g/mol. The van der Waals surface area contributed by atoms with Gasteiger partial charge in [-0.05, 0) is 30.6 Å². The van der Waals surface area contributed by atoms with Crippen molar-refractivity contribution >= 4 is 17.7 Å². The Kier molecular flexibility index (Phi) is 4.88. The van der Waals surface area contributed by atoms with Gasteiger partial charge in [-0.25, -0.2) is 0 Å². The van der Waals surface area contributed by atoms with Gasteiger partial charge in [0.05, 0.1) is 0 Å². The molecule has 0 bridgehead atoms. The van der Waals surface area contributed by atoms with Crippen molar-refractivity contribution in [2.45, 2.75) is 43.6 Å². The predicted molar refractivity (Wildman–Crippen MR) is 78.9 cm³/mol. The Balaban J connectivity index is 1.97. The molecule has 1 aromatic carbocycles. The first kappa shape index (κ1) is 14.4. The number of thioether (sulfide) groups is 1. The lowest BCUT2D eigenvalue weighted by Gasteiger charge is -2.25. The minimum Gasteiger partial charge on any atom is -0.460 e. The average Bonchev–Trinajstić information content (AvgIpc) is 2.80. The van der Waals surface area contributed by atoms with E-state index in [0.717, 1.165) is 30.6 Å². The zero-order chi connectivity index (χ0) is 13.7. The van der Waals surface area contributed by atoms with Crippen molar-refractivity contribution in [3.63, 3.8) is 0 Å². The van der Waals surface area contributed by atoms with Gasteiger partial charge in [-0.3, -0.25) is 4.79 Å². The summed E-state index contributed by atoms with van der Waals surface area (Å²) in [7, 11) is 0. The molecule has 0 heterocycles. The molecule has 2 atom stereocenters. The highest BCUT2D eigenvalue weighted by Gasteiger charge is 2.45. The van der Waals surface area contributed by atoms with Crippen molar-refractivity contribution in [1.82, 2.24) is 0 Å². The summed E-state index contributed by atoms with van der Waals surface area (Å²) in [4.78, 5) is 12.4. The van der Waals surface area contributed by atoms with Gasteiger partial charge >= 0.3 is 5.97 Å². The SMILES string of the molecule is CCSC1(C(=O)OCc2ccccc2)CC[C@@H](N)C1. The molecule has 1 aliphatic rings. The molecule has 2 rings (SSSR count). The summed E-state index contributed by atoms with van der Waals surface area (Å²) in [5.41, 5.74) is 6.99. The molecule has 0 spiro atoms. The van der Waals surface area contributed by atoms with Gasteiger partial charge < -0.3 is 10.5 Å². The molecule has 1 unspecified atom stereocenters. The van der Waals surface area contributed by atoms with Crippen molar-refractivity contribution in [2.24, 2.45) is 5.73 Å². The molecule has 0 aromatic heterocycles. The summed E-state index contributed by atoms with van der Waals surface area (Å²) in [5, 5.41) is 0. The van der Waals surface area contributed by atoms with Gasteiger partial charge in [0.1, 0.15) is 11.4 Å². The van der Waals surface area contributed by atoms with Gasteiger partial charge in [-0.15, -0.1) is 11.8 Å². The number of rotatable bonds is 5. The van der Waals surface area contributed by atoms with Crippen LogP contribution in [0, 0.1) is 0 Å². The van der Waals surface area contributed by atoms with Crippen LogP contribution in [0.1, 0.15) is 31.7 Å². The minimum atomic E-state index is -0.414. The zero-order valence-corrected chi connectivity index (χ0v) is 12.1. The van der Waals surface area contributed by atoms with Crippen LogP contribution in [0.3, 0.4) is 0 Å². The minimum absolute atomic E-state index is 0.101. The normalized spacial score (nSPS) is 26.3. The Hall–Kier alpha value is -1.00. The monoisotopic (exact) mass is 279 g/mol. The maximum atomic E-state index is 12.4. The van der Waals surface area contributed by atoms with E-state index >= 15 is 0 Å². The molecule has 1 fully saturated rings. The largest absolute Gasteiger partial charge is 0.460 e. The third kappa shape index (κ3) is 3.51. The quantitative estimate of drug-likeness (QED) is 0.842. The fraction of sp³-hybridized carbons (Fsp3) is 0.533. The summed E-state index contributed by atoms with van der Waals surface area (Å²) >= 11 is 1.68. The molecule has 19 heavy (non-hydrogen) atoms. The maximum absolute atomic E-state index is 12.4. The highest BCUT2D eigenvalue weighted by Crippen LogP contribution is 2.42. The number of benzene rings is 1. The van der Waals surface area contributed by atoms with E-state index in [1.165, 1.54) is 0 Å². The summed E-state index contributed by atoms with van der Waals surface area (Å²) in [6, 6.07) is 9.91. The number of carbonyl (C=O) groups is 1. The van der Waals surface area contributed by atoms with Gasteiger partial charge in [0, 0.05) is 6.04 Å². The van der Waals surface area contributed by atoms with Crippen LogP contribution >= 0.6 is 11.8 Å². The molecule has 1 aromatic rings. The Labute approximate surface area is 118 Å². The number of ether oxygens (including phenoxy) is 1. The molecule has 0 aliphatic heterocycles. The Bertz CT molecular complexity index is 419. The number of esters is 1. The highest BCUT2D eigenvalue weighted by molar-refractivity contribution is 8.01. The molecule has 2 N–H and O–H groups in total. The second-order valence-electron chi connectivity index (χ2n) is 4.99. The summed E-state index contributed by atoms with van der Waals surface area (Å²) < 4.78 is 5.09. The van der Waals surface area contributed by atoms with Crippen LogP contribution in [0.4, 0.5) is 0 Å². The third-order valence-electron chi connectivity index (χ3n) is 3.52.